The number of ether oxygens (including phenoxy) is 3. The van der Waals surface area contributed by atoms with Crippen molar-refractivity contribution in [2.75, 3.05) is 0 Å². The maximum absolute atomic E-state index is 13.1. The fourth-order valence-electron chi connectivity index (χ4n) is 3.31. The van der Waals surface area contributed by atoms with Crippen LogP contribution in [0.2, 0.25) is 0 Å². The van der Waals surface area contributed by atoms with Crippen LogP contribution in [0.25, 0.3) is 0 Å². The quantitative estimate of drug-likeness (QED) is 0.699. The van der Waals surface area contributed by atoms with Crippen molar-refractivity contribution in [2.24, 2.45) is 5.41 Å². The van der Waals surface area contributed by atoms with Gasteiger partial charge in [0.15, 0.2) is 18.0 Å². The summed E-state index contributed by atoms with van der Waals surface area (Å²) in [7, 11) is 0. The van der Waals surface area contributed by atoms with Crippen LogP contribution in [0.3, 0.4) is 0 Å². The third-order valence-electron chi connectivity index (χ3n) is 4.71. The number of rotatable bonds is 4. The molecule has 1 aromatic heterocycles. The Labute approximate surface area is 172 Å². The van der Waals surface area contributed by atoms with Gasteiger partial charge in [0.25, 0.3) is 0 Å². The molecular weight excluding hydrogens is 390 g/mol. The fraction of sp³-hybridized carbons (Fsp3) is 0.333. The van der Waals surface area contributed by atoms with Gasteiger partial charge in [0.2, 0.25) is 11.8 Å². The highest BCUT2D eigenvalue weighted by atomic mass is 16.6. The lowest BCUT2D eigenvalue weighted by Gasteiger charge is -2.42. The Hall–Kier alpha value is -3.80. The summed E-state index contributed by atoms with van der Waals surface area (Å²) in [6.07, 6.45) is -1.89. The third-order valence-corrected chi connectivity index (χ3v) is 4.71. The van der Waals surface area contributed by atoms with E-state index >= 15 is 0 Å². The van der Waals surface area contributed by atoms with Crippen LogP contribution in [0, 0.1) is 16.7 Å². The number of carbonyl (C=O) groups is 3. The van der Waals surface area contributed by atoms with Gasteiger partial charge in [0.05, 0.1) is 17.0 Å². The predicted octanol–water partition coefficient (Wildman–Crippen LogP) is 2.55. The van der Waals surface area contributed by atoms with E-state index in [1.165, 1.54) is 32.0 Å². The number of benzene rings is 1. The van der Waals surface area contributed by atoms with Gasteiger partial charge in [-0.15, -0.1) is 10.2 Å². The second kappa shape index (κ2) is 7.91. The van der Waals surface area contributed by atoms with Crippen LogP contribution in [-0.2, 0) is 14.3 Å². The fourth-order valence-corrected chi connectivity index (χ4v) is 3.31. The zero-order valence-electron chi connectivity index (χ0n) is 16.8. The normalized spacial score (nSPS) is 19.2. The molecule has 0 amide bonds. The first-order valence-electron chi connectivity index (χ1n) is 9.08. The second-order valence-electron chi connectivity index (χ2n) is 7.34. The molecule has 0 fully saturated rings. The molecule has 0 bridgehead atoms. The number of esters is 2. The van der Waals surface area contributed by atoms with E-state index in [0.717, 1.165) is 0 Å². The number of nitrogens with zero attached hydrogens (tertiary/aromatic N) is 3. The highest BCUT2D eigenvalue weighted by Crippen LogP contribution is 2.45. The summed E-state index contributed by atoms with van der Waals surface area (Å²) in [5, 5.41) is 16.9. The summed E-state index contributed by atoms with van der Waals surface area (Å²) < 4.78 is 16.3. The van der Waals surface area contributed by atoms with Gasteiger partial charge >= 0.3 is 11.9 Å². The van der Waals surface area contributed by atoms with E-state index < -0.39 is 29.6 Å². The van der Waals surface area contributed by atoms with Crippen LogP contribution in [0.4, 0.5) is 0 Å². The van der Waals surface area contributed by atoms with Crippen LogP contribution in [0.5, 0.6) is 11.8 Å². The van der Waals surface area contributed by atoms with E-state index in [1.807, 2.05) is 6.07 Å². The van der Waals surface area contributed by atoms with Gasteiger partial charge in [0, 0.05) is 37.1 Å². The van der Waals surface area contributed by atoms with Gasteiger partial charge in [-0.05, 0) is 32.0 Å². The molecule has 0 N–H and O–H groups in total. The lowest BCUT2D eigenvalue weighted by molar-refractivity contribution is -0.159. The number of fused-ring (bicyclic) bond motifs is 1. The van der Waals surface area contributed by atoms with Crippen molar-refractivity contribution in [3.8, 4) is 17.8 Å². The molecule has 1 aromatic carbocycles. The van der Waals surface area contributed by atoms with E-state index in [9.17, 15) is 19.6 Å². The van der Waals surface area contributed by atoms with Crippen molar-refractivity contribution in [1.29, 1.82) is 5.26 Å². The summed E-state index contributed by atoms with van der Waals surface area (Å²) in [6.45, 7) is 5.80. The average molecular weight is 409 g/mol. The Morgan fingerprint density at radius 3 is 2.30 bits per heavy atom. The van der Waals surface area contributed by atoms with Gasteiger partial charge in [-0.1, -0.05) is 0 Å². The summed E-state index contributed by atoms with van der Waals surface area (Å²) in [6, 6.07) is 9.50. The number of aromatic nitrogens is 2. The Morgan fingerprint density at radius 1 is 1.07 bits per heavy atom. The molecular formula is C21H19N3O6. The molecule has 0 saturated heterocycles. The summed E-state index contributed by atoms with van der Waals surface area (Å²) >= 11 is 0. The van der Waals surface area contributed by atoms with Crippen LogP contribution >= 0.6 is 0 Å². The molecule has 1 aliphatic rings. The first-order chi connectivity index (χ1) is 14.1. The van der Waals surface area contributed by atoms with Crippen molar-refractivity contribution >= 4 is 17.7 Å². The van der Waals surface area contributed by atoms with Crippen molar-refractivity contribution < 1.29 is 28.6 Å². The maximum Gasteiger partial charge on any atom is 0.309 e. The van der Waals surface area contributed by atoms with Crippen molar-refractivity contribution in [3.63, 3.8) is 0 Å². The summed E-state index contributed by atoms with van der Waals surface area (Å²) in [5.74, 6) is -1.29. The number of carbonyl (C=O) groups excluding carboxylic acids is 3. The molecule has 154 valence electrons. The topological polar surface area (TPSA) is 128 Å². The number of hydrogen-bond donors (Lipinski definition) is 0. The first kappa shape index (κ1) is 20.9. The molecule has 1 aliphatic carbocycles. The predicted molar refractivity (Wildman–Crippen MR) is 102 cm³/mol. The molecule has 2 aromatic rings. The van der Waals surface area contributed by atoms with Gasteiger partial charge in [-0.2, -0.15) is 5.26 Å². The SMILES string of the molecule is CC(=O)Oc1ccc(O[C@@H]2c3cc(C#N)ccc3C(=O)C(C)(C)[C@H]2OC(C)=O)nn1. The summed E-state index contributed by atoms with van der Waals surface area (Å²) in [4.78, 5) is 35.9. The number of Topliss-reactive ketones (excluding diaryl/α,β-unsaturated/α-hetero) is 1. The third kappa shape index (κ3) is 3.98. The van der Waals surface area contributed by atoms with E-state index in [-0.39, 0.29) is 17.5 Å². The number of nitriles is 1. The van der Waals surface area contributed by atoms with Crippen molar-refractivity contribution in [2.45, 2.75) is 39.9 Å². The standard InChI is InChI=1S/C21H19N3O6/c1-11(25)28-16-7-8-17(24-23-16)30-18-15-9-13(10-22)5-6-14(15)19(27)21(3,4)20(18)29-12(2)26/h5-9,18,20H,1-4H3/t18-,20+/m1/s1. The van der Waals surface area contributed by atoms with Crippen molar-refractivity contribution in [3.05, 3.63) is 47.0 Å². The van der Waals surface area contributed by atoms with E-state index in [1.54, 1.807) is 26.0 Å². The van der Waals surface area contributed by atoms with Crippen LogP contribution in [0.15, 0.2) is 30.3 Å². The highest BCUT2D eigenvalue weighted by molar-refractivity contribution is 6.03. The Morgan fingerprint density at radius 2 is 1.73 bits per heavy atom. The Kier molecular flexibility index (Phi) is 5.52. The highest BCUT2D eigenvalue weighted by Gasteiger charge is 2.51. The molecule has 1 heterocycles. The molecule has 30 heavy (non-hydrogen) atoms. The largest absolute Gasteiger partial charge is 0.464 e. The number of hydrogen-bond acceptors (Lipinski definition) is 9. The number of ketones is 1. The lowest BCUT2D eigenvalue weighted by Crippen LogP contribution is -2.49. The Bertz CT molecular complexity index is 1060. The second-order valence-corrected chi connectivity index (χ2v) is 7.34. The van der Waals surface area contributed by atoms with Gasteiger partial charge in [-0.25, -0.2) is 0 Å². The maximum atomic E-state index is 13.1. The molecule has 0 unspecified atom stereocenters. The van der Waals surface area contributed by atoms with Crippen LogP contribution in [0.1, 0.15) is 55.3 Å². The zero-order chi connectivity index (χ0) is 22.1. The van der Waals surface area contributed by atoms with Gasteiger partial charge < -0.3 is 14.2 Å². The minimum Gasteiger partial charge on any atom is -0.464 e. The van der Waals surface area contributed by atoms with Gasteiger partial charge in [-0.3, -0.25) is 14.4 Å². The molecule has 0 spiro atoms. The first-order valence-corrected chi connectivity index (χ1v) is 9.08. The Balaban J connectivity index is 2.06. The molecule has 0 saturated carbocycles. The van der Waals surface area contributed by atoms with E-state index in [0.29, 0.717) is 16.7 Å². The monoisotopic (exact) mass is 409 g/mol. The molecule has 3 rings (SSSR count). The lowest BCUT2D eigenvalue weighted by atomic mass is 9.69. The molecule has 2 atom stereocenters. The molecule has 0 radical (unpaired) electrons. The molecule has 9 heteroatoms. The van der Waals surface area contributed by atoms with E-state index in [4.69, 9.17) is 14.2 Å². The van der Waals surface area contributed by atoms with Crippen LogP contribution < -0.4 is 9.47 Å². The van der Waals surface area contributed by atoms with Crippen molar-refractivity contribution in [1.82, 2.24) is 10.2 Å². The zero-order valence-corrected chi connectivity index (χ0v) is 16.8. The van der Waals surface area contributed by atoms with Gasteiger partial charge in [0.1, 0.15) is 0 Å². The molecule has 9 nitrogen and oxygen atoms in total. The molecule has 0 aliphatic heterocycles. The minimum atomic E-state index is -1.09. The van der Waals surface area contributed by atoms with E-state index in [2.05, 4.69) is 10.2 Å². The summed E-state index contributed by atoms with van der Waals surface area (Å²) in [5.41, 5.74) is 0.0166. The smallest absolute Gasteiger partial charge is 0.309 e. The average Bonchev–Trinajstić information content (AvgIpc) is 2.69. The minimum absolute atomic E-state index is 0.00213. The van der Waals surface area contributed by atoms with Crippen LogP contribution in [-0.4, -0.2) is 34.0 Å².